The Morgan fingerprint density at radius 2 is 1.93 bits per heavy atom. The fourth-order valence-corrected chi connectivity index (χ4v) is 5.18. The number of nitrogens with one attached hydrogen (secondary N) is 1. The van der Waals surface area contributed by atoms with Gasteiger partial charge in [0.2, 0.25) is 10.0 Å². The lowest BCUT2D eigenvalue weighted by molar-refractivity contribution is 0.102. The second kappa shape index (κ2) is 7.21. The van der Waals surface area contributed by atoms with Crippen molar-refractivity contribution in [2.24, 2.45) is 0 Å². The maximum absolute atomic E-state index is 12.8. The number of amides is 1. The molecule has 1 aromatic heterocycles. The van der Waals surface area contributed by atoms with Crippen LogP contribution in [0.25, 0.3) is 11.4 Å². The van der Waals surface area contributed by atoms with Crippen LogP contribution in [0.5, 0.6) is 0 Å². The quantitative estimate of drug-likeness (QED) is 0.674. The lowest BCUT2D eigenvalue weighted by Crippen LogP contribution is -2.25. The third kappa shape index (κ3) is 3.54. The van der Waals surface area contributed by atoms with E-state index in [0.717, 1.165) is 18.4 Å². The van der Waals surface area contributed by atoms with E-state index in [4.69, 9.17) is 0 Å². The summed E-state index contributed by atoms with van der Waals surface area (Å²) in [5.74, 6) is 0.499. The summed E-state index contributed by atoms with van der Waals surface area (Å²) in [6.07, 6.45) is 2.72. The number of anilines is 2. The van der Waals surface area contributed by atoms with Gasteiger partial charge in [-0.2, -0.15) is 0 Å². The molecule has 1 aliphatic carbocycles. The van der Waals surface area contributed by atoms with Gasteiger partial charge < -0.3 is 5.32 Å². The largest absolute Gasteiger partial charge is 0.322 e. The summed E-state index contributed by atoms with van der Waals surface area (Å²) >= 11 is 0. The van der Waals surface area contributed by atoms with Gasteiger partial charge in [0, 0.05) is 23.4 Å². The Labute approximate surface area is 173 Å². The first-order valence-corrected chi connectivity index (χ1v) is 11.4. The van der Waals surface area contributed by atoms with E-state index < -0.39 is 10.0 Å². The van der Waals surface area contributed by atoms with Gasteiger partial charge in [-0.25, -0.2) is 13.1 Å². The van der Waals surface area contributed by atoms with E-state index in [9.17, 15) is 13.2 Å². The SMILES string of the molecule is O=C(Nc1cccc(-c2nnnn2C2CC2)c1)c1cccc(N2CCCS2(=O)=O)c1. The fraction of sp³-hybridized carbons (Fsp3) is 0.300. The maximum Gasteiger partial charge on any atom is 0.255 e. The van der Waals surface area contributed by atoms with Crippen LogP contribution in [0.3, 0.4) is 0 Å². The Kier molecular flexibility index (Phi) is 4.50. The summed E-state index contributed by atoms with van der Waals surface area (Å²) in [7, 11) is -3.30. The summed E-state index contributed by atoms with van der Waals surface area (Å²) < 4.78 is 27.5. The predicted octanol–water partition coefficient (Wildman–Crippen LogP) is 2.47. The summed E-state index contributed by atoms with van der Waals surface area (Å²) in [4.78, 5) is 12.8. The molecule has 1 aliphatic heterocycles. The van der Waals surface area contributed by atoms with Gasteiger partial charge in [0.25, 0.3) is 5.91 Å². The minimum atomic E-state index is -3.30. The molecule has 0 radical (unpaired) electrons. The van der Waals surface area contributed by atoms with E-state index in [1.807, 2.05) is 22.9 Å². The Morgan fingerprint density at radius 3 is 2.70 bits per heavy atom. The average Bonchev–Trinajstić information content (AvgIpc) is 3.35. The predicted molar refractivity (Wildman–Crippen MR) is 112 cm³/mol. The lowest BCUT2D eigenvalue weighted by Gasteiger charge is -2.17. The number of hydrogen-bond acceptors (Lipinski definition) is 6. The van der Waals surface area contributed by atoms with Crippen LogP contribution in [0.4, 0.5) is 11.4 Å². The zero-order chi connectivity index (χ0) is 20.7. The third-order valence-corrected chi connectivity index (χ3v) is 7.13. The first-order valence-electron chi connectivity index (χ1n) is 9.81. The highest BCUT2D eigenvalue weighted by Gasteiger charge is 2.29. The summed E-state index contributed by atoms with van der Waals surface area (Å²) in [5.41, 5.74) is 2.34. The molecule has 5 rings (SSSR count). The van der Waals surface area contributed by atoms with Crippen LogP contribution in [0.2, 0.25) is 0 Å². The van der Waals surface area contributed by atoms with Gasteiger partial charge in [0.15, 0.2) is 5.82 Å². The molecular weight excluding hydrogens is 404 g/mol. The van der Waals surface area contributed by atoms with Crippen molar-refractivity contribution >= 4 is 27.3 Å². The first-order chi connectivity index (χ1) is 14.5. The number of hydrogen-bond donors (Lipinski definition) is 1. The molecule has 3 aromatic rings. The number of carbonyl (C=O) groups is 1. The molecule has 2 fully saturated rings. The topological polar surface area (TPSA) is 110 Å². The van der Waals surface area contributed by atoms with Crippen molar-refractivity contribution in [3.63, 3.8) is 0 Å². The van der Waals surface area contributed by atoms with E-state index in [2.05, 4.69) is 20.8 Å². The third-order valence-electron chi connectivity index (χ3n) is 5.26. The fourth-order valence-electron chi connectivity index (χ4n) is 3.62. The minimum absolute atomic E-state index is 0.135. The summed E-state index contributed by atoms with van der Waals surface area (Å²) in [6, 6.07) is 14.4. The Balaban J connectivity index is 1.37. The number of sulfonamides is 1. The van der Waals surface area contributed by atoms with Crippen LogP contribution < -0.4 is 9.62 Å². The highest BCUT2D eigenvalue weighted by molar-refractivity contribution is 7.93. The normalized spacial score (nSPS) is 17.8. The second-order valence-corrected chi connectivity index (χ2v) is 9.52. The highest BCUT2D eigenvalue weighted by atomic mass is 32.2. The Morgan fingerprint density at radius 1 is 1.10 bits per heavy atom. The first kappa shape index (κ1) is 18.7. The minimum Gasteiger partial charge on any atom is -0.322 e. The van der Waals surface area contributed by atoms with Crippen molar-refractivity contribution < 1.29 is 13.2 Å². The Hall–Kier alpha value is -3.27. The second-order valence-electron chi connectivity index (χ2n) is 7.51. The molecule has 1 N–H and O–H groups in total. The number of carbonyl (C=O) groups excluding carboxylic acids is 1. The molecule has 30 heavy (non-hydrogen) atoms. The van der Waals surface area contributed by atoms with Gasteiger partial charge in [-0.15, -0.1) is 5.10 Å². The molecule has 154 valence electrons. The van der Waals surface area contributed by atoms with Crippen LogP contribution in [0, 0.1) is 0 Å². The van der Waals surface area contributed by atoms with E-state index >= 15 is 0 Å². The van der Waals surface area contributed by atoms with E-state index in [1.54, 1.807) is 30.3 Å². The van der Waals surface area contributed by atoms with Gasteiger partial charge in [-0.3, -0.25) is 9.10 Å². The van der Waals surface area contributed by atoms with Crippen molar-refractivity contribution in [3.05, 3.63) is 54.1 Å². The maximum atomic E-state index is 12.8. The molecule has 2 aromatic carbocycles. The Bertz CT molecular complexity index is 1220. The van der Waals surface area contributed by atoms with E-state index in [0.29, 0.717) is 41.8 Å². The van der Waals surface area contributed by atoms with Crippen molar-refractivity contribution in [2.45, 2.75) is 25.3 Å². The molecule has 2 aliphatic rings. The van der Waals surface area contributed by atoms with Crippen molar-refractivity contribution in [3.8, 4) is 11.4 Å². The highest BCUT2D eigenvalue weighted by Crippen LogP contribution is 2.36. The summed E-state index contributed by atoms with van der Waals surface area (Å²) in [6.45, 7) is 0.436. The number of aromatic nitrogens is 4. The molecule has 1 saturated carbocycles. The molecule has 10 heteroatoms. The van der Waals surface area contributed by atoms with Crippen molar-refractivity contribution in [1.29, 1.82) is 0 Å². The molecule has 0 atom stereocenters. The van der Waals surface area contributed by atoms with E-state index in [-0.39, 0.29) is 11.7 Å². The van der Waals surface area contributed by atoms with E-state index in [1.165, 1.54) is 4.31 Å². The monoisotopic (exact) mass is 424 g/mol. The molecule has 0 spiro atoms. The molecule has 1 saturated heterocycles. The number of nitrogens with zero attached hydrogens (tertiary/aromatic N) is 5. The zero-order valence-electron chi connectivity index (χ0n) is 16.1. The number of tetrazole rings is 1. The number of benzene rings is 2. The van der Waals surface area contributed by atoms with Gasteiger partial charge in [-0.1, -0.05) is 18.2 Å². The zero-order valence-corrected chi connectivity index (χ0v) is 16.9. The van der Waals surface area contributed by atoms with Crippen molar-refractivity contribution in [1.82, 2.24) is 20.2 Å². The van der Waals surface area contributed by atoms with Crippen LogP contribution in [0.15, 0.2) is 48.5 Å². The molecule has 9 nitrogen and oxygen atoms in total. The summed E-state index contributed by atoms with van der Waals surface area (Å²) in [5, 5.41) is 14.8. The van der Waals surface area contributed by atoms with Gasteiger partial charge in [0.1, 0.15) is 0 Å². The standard InChI is InChI=1S/C20H20N6O3S/c27-20(15-5-2-7-18(13-15)25-10-3-11-30(25,28)29)21-16-6-1-4-14(12-16)19-22-23-24-26(19)17-8-9-17/h1-2,4-7,12-13,17H,3,8-11H2,(H,21,27). The molecule has 0 unspecified atom stereocenters. The van der Waals surface area contributed by atoms with Gasteiger partial charge in [-0.05, 0) is 60.0 Å². The van der Waals surface area contributed by atoms with Crippen LogP contribution in [-0.4, -0.2) is 46.8 Å². The van der Waals surface area contributed by atoms with Crippen LogP contribution in [0.1, 0.15) is 35.7 Å². The van der Waals surface area contributed by atoms with Gasteiger partial charge in [0.05, 0.1) is 17.5 Å². The molecular formula is C20H20N6O3S. The van der Waals surface area contributed by atoms with Crippen LogP contribution >= 0.6 is 0 Å². The molecule has 0 bridgehead atoms. The van der Waals surface area contributed by atoms with Crippen LogP contribution in [-0.2, 0) is 10.0 Å². The molecule has 1 amide bonds. The lowest BCUT2D eigenvalue weighted by atomic mass is 10.1. The number of rotatable bonds is 5. The average molecular weight is 424 g/mol. The van der Waals surface area contributed by atoms with Crippen molar-refractivity contribution in [2.75, 3.05) is 21.9 Å². The molecule has 2 heterocycles. The smallest absolute Gasteiger partial charge is 0.255 e. The van der Waals surface area contributed by atoms with Gasteiger partial charge >= 0.3 is 0 Å².